The average Bonchev–Trinajstić information content (AvgIpc) is 3.11. The molecule has 0 aromatic carbocycles. The van der Waals surface area contributed by atoms with Crippen LogP contribution in [0.5, 0.6) is 0 Å². The van der Waals surface area contributed by atoms with Gasteiger partial charge in [-0.2, -0.15) is 184 Å². The third-order valence-corrected chi connectivity index (χ3v) is 8.48. The largest absolute Gasteiger partial charge is 0.460 e. The first-order valence-electron chi connectivity index (χ1n) is 14.8. The minimum Gasteiger partial charge on any atom is -0.413 e. The number of halogens is 43. The summed E-state index contributed by atoms with van der Waals surface area (Å²) in [6.07, 6.45) is -26.7. The lowest BCUT2D eigenvalue weighted by molar-refractivity contribution is -0.503. The fourth-order valence-corrected chi connectivity index (χ4v) is 4.22. The molecule has 45 heteroatoms. The van der Waals surface area contributed by atoms with Gasteiger partial charge in [0, 0.05) is 5.57 Å². The molecule has 0 radical (unpaired) electrons. The molecule has 418 valence electrons. The van der Waals surface area contributed by atoms with E-state index >= 15 is 4.39 Å². The number of ether oxygens (including phenoxy) is 1. The number of rotatable bonds is 19. The first-order valence-corrected chi connectivity index (χ1v) is 14.8. The number of alkyl halides is 43. The summed E-state index contributed by atoms with van der Waals surface area (Å²) in [6.45, 7) is 1.14. The van der Waals surface area contributed by atoms with E-state index in [1.165, 1.54) is 0 Å². The smallest absolute Gasteiger partial charge is 0.413 e. The molecule has 0 aliphatic carbocycles. The van der Waals surface area contributed by atoms with E-state index in [4.69, 9.17) is 0 Å². The van der Waals surface area contributed by atoms with Gasteiger partial charge < -0.3 is 4.74 Å². The number of esters is 1. The molecule has 1 unspecified atom stereocenters. The summed E-state index contributed by atoms with van der Waals surface area (Å²) in [7, 11) is 0. The van der Waals surface area contributed by atoms with Crippen molar-refractivity contribution in [3.63, 3.8) is 0 Å². The zero-order valence-corrected chi connectivity index (χ0v) is 30.3. The summed E-state index contributed by atoms with van der Waals surface area (Å²) in [5.41, 5.74) is -12.3. The zero-order valence-electron chi connectivity index (χ0n) is 30.3. The summed E-state index contributed by atoms with van der Waals surface area (Å²) in [5, 5.41) is 0. The number of carbonyl (C=O) groups excluding carboxylic acids is 1. The van der Waals surface area contributed by atoms with Crippen LogP contribution >= 0.6 is 0 Å². The van der Waals surface area contributed by atoms with Crippen LogP contribution in [0.1, 0.15) is 6.92 Å². The molecule has 2 nitrogen and oxygen atoms in total. The lowest BCUT2D eigenvalue weighted by Gasteiger charge is -2.49. The molecular weight excluding hydrogens is 1150 g/mol. The molecule has 0 heterocycles. The van der Waals surface area contributed by atoms with Crippen LogP contribution in [0, 0.1) is 0 Å². The van der Waals surface area contributed by atoms with Crippen LogP contribution in [-0.4, -0.2) is 131 Å². The summed E-state index contributed by atoms with van der Waals surface area (Å²) in [6, 6.07) is 0. The van der Waals surface area contributed by atoms with Gasteiger partial charge in [0.05, 0.1) is 0 Å². The van der Waals surface area contributed by atoms with Crippen molar-refractivity contribution < 1.29 is 198 Å². The van der Waals surface area contributed by atoms with Crippen molar-refractivity contribution >= 4 is 5.97 Å². The van der Waals surface area contributed by atoms with E-state index in [0.717, 1.165) is 0 Å². The molecule has 70 heavy (non-hydrogen) atoms. The predicted molar refractivity (Wildman–Crippen MR) is 126 cm³/mol. The van der Waals surface area contributed by atoms with Gasteiger partial charge in [0.1, 0.15) is 0 Å². The SMILES string of the molecule is C=C(C)C(=O)OC(F)(C(F)(F)C(F)(F)C(F)(F)C(F)(F)C(F)(F)C(F)(F)C(F)(F)C(F)(F)F)C(F)(F)C(F)(F)C(F)(F)C(F)(F)C(F)(F)C(F)(F)C(F)(F)C(F)(F)C(F)(F)C(F)(C(F)(F)F)C(F)(F)F. The summed E-state index contributed by atoms with van der Waals surface area (Å²) in [4.78, 5) is 11.5. The standard InChI is InChI=1S/C25H5F43O2/c1-3(2)4(69)70-22(59,20(55,56)17(49,50)14(43,44)12(39,40)15(45,46)18(51,52)21(57,58)25(66,67)68)19(53,54)16(47,48)13(41,42)11(37,38)10(35,36)9(33,34)8(31,32)7(29,30)6(27,28)5(26,23(60,61)62)24(63,64)65/h1H2,2H3. The summed E-state index contributed by atoms with van der Waals surface area (Å²) >= 11 is 0. The van der Waals surface area contributed by atoms with Crippen molar-refractivity contribution in [3.8, 4) is 0 Å². The van der Waals surface area contributed by atoms with Gasteiger partial charge in [-0.25, -0.2) is 9.18 Å². The second kappa shape index (κ2) is 16.1. The Morgan fingerprint density at radius 1 is 0.257 bits per heavy atom. The fraction of sp³-hybridized carbons (Fsp3) is 0.880. The summed E-state index contributed by atoms with van der Waals surface area (Å²) < 4.78 is 595. The van der Waals surface area contributed by atoms with Crippen molar-refractivity contribution in [2.45, 2.75) is 132 Å². The Bertz CT molecular complexity index is 1940. The zero-order chi connectivity index (χ0) is 58.4. The molecule has 0 bridgehead atoms. The molecule has 0 aromatic rings. The Morgan fingerprint density at radius 3 is 0.571 bits per heavy atom. The number of carbonyl (C=O) groups is 1. The maximum absolute atomic E-state index is 15.4. The molecule has 0 rings (SSSR count). The average molecular weight is 1150 g/mol. The molecule has 0 fully saturated rings. The fourth-order valence-electron chi connectivity index (χ4n) is 4.22. The van der Waals surface area contributed by atoms with Crippen molar-refractivity contribution in [2.24, 2.45) is 0 Å². The van der Waals surface area contributed by atoms with Gasteiger partial charge in [0.25, 0.3) is 0 Å². The lowest BCUT2D eigenvalue weighted by Crippen LogP contribution is -2.82. The van der Waals surface area contributed by atoms with Crippen molar-refractivity contribution in [3.05, 3.63) is 12.2 Å². The second-order valence-corrected chi connectivity index (χ2v) is 13.1. The van der Waals surface area contributed by atoms with Crippen LogP contribution in [-0.2, 0) is 9.53 Å². The molecule has 0 aliphatic heterocycles. The van der Waals surface area contributed by atoms with Gasteiger partial charge in [-0.05, 0) is 6.92 Å². The normalized spacial score (nSPS) is 17.7. The molecule has 1 atom stereocenters. The first kappa shape index (κ1) is 66.2. The Morgan fingerprint density at radius 2 is 0.414 bits per heavy atom. The predicted octanol–water partition coefficient (Wildman–Crippen LogP) is 14.3. The van der Waals surface area contributed by atoms with Crippen LogP contribution in [0.3, 0.4) is 0 Å². The van der Waals surface area contributed by atoms with E-state index in [2.05, 4.69) is 0 Å². The van der Waals surface area contributed by atoms with Crippen LogP contribution in [0.15, 0.2) is 12.2 Å². The van der Waals surface area contributed by atoms with Crippen LogP contribution in [0.4, 0.5) is 189 Å². The molecule has 0 saturated carbocycles. The molecule has 0 aliphatic rings. The number of hydrogen-bond acceptors (Lipinski definition) is 2. The topological polar surface area (TPSA) is 26.3 Å². The Labute approximate surface area is 349 Å². The quantitative estimate of drug-likeness (QED) is 0.0732. The number of hydrogen-bond donors (Lipinski definition) is 0. The minimum atomic E-state index is -10.7. The highest BCUT2D eigenvalue weighted by Gasteiger charge is 3.04. The Balaban J connectivity index is 8.69. The second-order valence-electron chi connectivity index (χ2n) is 13.1. The van der Waals surface area contributed by atoms with E-state index in [1.54, 1.807) is 11.3 Å². The van der Waals surface area contributed by atoms with E-state index < -0.39 is 143 Å². The minimum absolute atomic E-state index is 0.622. The molecular formula is C25H5F43O2. The molecule has 0 spiro atoms. The molecule has 0 N–H and O–H groups in total. The van der Waals surface area contributed by atoms with Crippen LogP contribution in [0.25, 0.3) is 0 Å². The van der Waals surface area contributed by atoms with Crippen molar-refractivity contribution in [1.82, 2.24) is 0 Å². The highest BCUT2D eigenvalue weighted by atomic mass is 19.5. The maximum atomic E-state index is 15.4. The van der Waals surface area contributed by atoms with Gasteiger partial charge in [-0.3, -0.25) is 0 Å². The molecule has 0 saturated heterocycles. The monoisotopic (exact) mass is 1150 g/mol. The van der Waals surface area contributed by atoms with Crippen LogP contribution < -0.4 is 0 Å². The van der Waals surface area contributed by atoms with Crippen LogP contribution in [0.2, 0.25) is 0 Å². The highest BCUT2D eigenvalue weighted by Crippen LogP contribution is 2.72. The maximum Gasteiger partial charge on any atom is 0.460 e. The van der Waals surface area contributed by atoms with Gasteiger partial charge in [0.2, 0.25) is 0 Å². The van der Waals surface area contributed by atoms with Gasteiger partial charge in [0.15, 0.2) is 0 Å². The van der Waals surface area contributed by atoms with E-state index in [-0.39, 0.29) is 0 Å². The lowest BCUT2D eigenvalue weighted by atomic mass is 9.80. The van der Waals surface area contributed by atoms with Gasteiger partial charge >= 0.3 is 131 Å². The highest BCUT2D eigenvalue weighted by molar-refractivity contribution is 5.87. The third kappa shape index (κ3) is 7.48. The van der Waals surface area contributed by atoms with E-state index in [0.29, 0.717) is 0 Å². The third-order valence-electron chi connectivity index (χ3n) is 8.48. The van der Waals surface area contributed by atoms with Gasteiger partial charge in [-0.1, -0.05) is 6.58 Å². The van der Waals surface area contributed by atoms with E-state index in [9.17, 15) is 189 Å². The molecule has 0 aromatic heterocycles. The van der Waals surface area contributed by atoms with Crippen molar-refractivity contribution in [2.75, 3.05) is 0 Å². The Kier molecular flexibility index (Phi) is 15.2. The summed E-state index contributed by atoms with van der Waals surface area (Å²) in [5.74, 6) is -179. The first-order chi connectivity index (χ1) is 29.3. The van der Waals surface area contributed by atoms with E-state index in [1.807, 2.05) is 0 Å². The molecule has 0 amide bonds. The van der Waals surface area contributed by atoms with Crippen molar-refractivity contribution in [1.29, 1.82) is 0 Å². The van der Waals surface area contributed by atoms with Gasteiger partial charge in [-0.15, -0.1) is 0 Å². The Hall–Kier alpha value is -3.80.